The summed E-state index contributed by atoms with van der Waals surface area (Å²) >= 11 is 1.13. The summed E-state index contributed by atoms with van der Waals surface area (Å²) in [7, 11) is 4.56. The lowest BCUT2D eigenvalue weighted by atomic mass is 10.00. The Morgan fingerprint density at radius 2 is 1.66 bits per heavy atom. The molecule has 0 fully saturated rings. The molecule has 0 radical (unpaired) electrons. The Hall–Kier alpha value is -4.84. The molecule has 0 saturated carbocycles. The van der Waals surface area contributed by atoms with Crippen LogP contribution in [-0.4, -0.2) is 64.9 Å². The highest BCUT2D eigenvalue weighted by molar-refractivity contribution is 7.00. The lowest BCUT2D eigenvalue weighted by Crippen LogP contribution is -2.14. The van der Waals surface area contributed by atoms with Gasteiger partial charge in [-0.1, -0.05) is 6.07 Å². The molecule has 2 heterocycles. The van der Waals surface area contributed by atoms with Crippen LogP contribution in [-0.2, 0) is 16.1 Å². The third-order valence-electron chi connectivity index (χ3n) is 6.51. The normalized spacial score (nSPS) is 11.0. The molecule has 5 aromatic rings. The average Bonchev–Trinajstić information content (AvgIpc) is 3.57. The average molecular weight is 578 g/mol. The molecule has 3 aromatic carbocycles. The second-order valence-corrected chi connectivity index (χ2v) is 9.41. The maximum absolute atomic E-state index is 13.7. The molecule has 0 unspecified atom stereocenters. The molecule has 0 aliphatic heterocycles. The van der Waals surface area contributed by atoms with E-state index in [0.717, 1.165) is 28.3 Å². The Kier molecular flexibility index (Phi) is 7.92. The Morgan fingerprint density at radius 1 is 0.902 bits per heavy atom. The van der Waals surface area contributed by atoms with Crippen LogP contribution in [0.3, 0.4) is 0 Å². The van der Waals surface area contributed by atoms with Gasteiger partial charge in [0.1, 0.15) is 28.2 Å². The number of methoxy groups -OCH3 is 3. The highest BCUT2D eigenvalue weighted by atomic mass is 32.1. The Balaban J connectivity index is 1.84. The lowest BCUT2D eigenvalue weighted by Gasteiger charge is -2.15. The number of fused-ring (bicyclic) bond motifs is 2. The highest BCUT2D eigenvalue weighted by Crippen LogP contribution is 2.45. The zero-order chi connectivity index (χ0) is 29.1. The first-order chi connectivity index (χ1) is 19.9. The maximum Gasteiger partial charge on any atom is 0.355 e. The van der Waals surface area contributed by atoms with Crippen LogP contribution in [0.2, 0.25) is 0 Å². The number of hydrogen-bond donors (Lipinski definition) is 1. The standard InChI is InChI=1S/C29H27N3O8S/c1-5-39-29(35)28-27(18-8-7-17(36-2)11-23(18)40-15-26(33)34)19-12-24(37-3)25(38-4)13-22(19)32(28)14-16-6-9-20-21(10-16)31-41-30-20/h6-13H,5,14-15H2,1-4H3,(H,33,34). The molecule has 1 N–H and O–H groups in total. The van der Waals surface area contributed by atoms with E-state index in [0.29, 0.717) is 39.3 Å². The van der Waals surface area contributed by atoms with Crippen LogP contribution in [0.1, 0.15) is 23.0 Å². The molecule has 41 heavy (non-hydrogen) atoms. The highest BCUT2D eigenvalue weighted by Gasteiger charge is 2.29. The number of carboxylic acid groups (broad SMARTS) is 1. The van der Waals surface area contributed by atoms with E-state index in [4.69, 9.17) is 23.7 Å². The van der Waals surface area contributed by atoms with E-state index in [1.807, 2.05) is 22.8 Å². The van der Waals surface area contributed by atoms with Gasteiger partial charge in [-0.25, -0.2) is 9.59 Å². The van der Waals surface area contributed by atoms with Gasteiger partial charge in [-0.3, -0.25) is 0 Å². The fourth-order valence-corrected chi connectivity index (χ4v) is 5.24. The minimum absolute atomic E-state index is 0.147. The van der Waals surface area contributed by atoms with E-state index in [1.165, 1.54) is 21.3 Å². The fraction of sp³-hybridized carbons (Fsp3) is 0.241. The van der Waals surface area contributed by atoms with Crippen molar-refractivity contribution in [2.45, 2.75) is 13.5 Å². The van der Waals surface area contributed by atoms with Crippen molar-refractivity contribution in [3.05, 3.63) is 59.8 Å². The van der Waals surface area contributed by atoms with Crippen LogP contribution in [0.4, 0.5) is 0 Å². The largest absolute Gasteiger partial charge is 0.497 e. The zero-order valence-corrected chi connectivity index (χ0v) is 23.6. The molecular formula is C29H27N3O8S. The number of rotatable bonds is 11. The third kappa shape index (κ3) is 5.33. The molecule has 0 bridgehead atoms. The molecule has 0 spiro atoms. The van der Waals surface area contributed by atoms with Crippen LogP contribution < -0.4 is 18.9 Å². The van der Waals surface area contributed by atoms with E-state index < -0.39 is 18.5 Å². The van der Waals surface area contributed by atoms with E-state index in [2.05, 4.69) is 8.75 Å². The summed E-state index contributed by atoms with van der Waals surface area (Å²) in [6.07, 6.45) is 0. The quantitative estimate of drug-likeness (QED) is 0.213. The second-order valence-electron chi connectivity index (χ2n) is 8.89. The SMILES string of the molecule is CCOC(=O)c1c(-c2ccc(OC)cc2OCC(=O)O)c2cc(OC)c(OC)cc2n1Cc1ccc2nsnc2c1. The first-order valence-corrected chi connectivity index (χ1v) is 13.3. The fourth-order valence-electron chi connectivity index (χ4n) is 4.73. The van der Waals surface area contributed by atoms with Crippen molar-refractivity contribution in [1.82, 2.24) is 13.3 Å². The minimum Gasteiger partial charge on any atom is -0.497 e. The molecule has 0 aliphatic carbocycles. The Bertz CT molecular complexity index is 1760. The van der Waals surface area contributed by atoms with Crippen LogP contribution in [0.25, 0.3) is 33.1 Å². The van der Waals surface area contributed by atoms with E-state index in [-0.39, 0.29) is 24.6 Å². The van der Waals surface area contributed by atoms with Crippen molar-refractivity contribution in [2.24, 2.45) is 0 Å². The van der Waals surface area contributed by atoms with Crippen LogP contribution >= 0.6 is 11.7 Å². The molecule has 5 rings (SSSR count). The van der Waals surface area contributed by atoms with Crippen molar-refractivity contribution in [2.75, 3.05) is 34.5 Å². The summed E-state index contributed by atoms with van der Waals surface area (Å²) in [6.45, 7) is 1.57. The van der Waals surface area contributed by atoms with Gasteiger partial charge in [0.2, 0.25) is 0 Å². The number of ether oxygens (including phenoxy) is 5. The molecule has 0 saturated heterocycles. The van der Waals surface area contributed by atoms with Crippen molar-refractivity contribution in [1.29, 1.82) is 0 Å². The first kappa shape index (κ1) is 27.7. The molecule has 0 amide bonds. The number of carbonyl (C=O) groups excluding carboxylic acids is 1. The topological polar surface area (TPSA) is 131 Å². The zero-order valence-electron chi connectivity index (χ0n) is 22.8. The van der Waals surface area contributed by atoms with E-state index >= 15 is 0 Å². The number of esters is 1. The van der Waals surface area contributed by atoms with Gasteiger partial charge in [0.15, 0.2) is 18.1 Å². The number of carbonyl (C=O) groups is 2. The summed E-state index contributed by atoms with van der Waals surface area (Å²) in [5.41, 5.74) is 4.29. The van der Waals surface area contributed by atoms with Gasteiger partial charge in [-0.2, -0.15) is 8.75 Å². The number of aromatic nitrogens is 3. The monoisotopic (exact) mass is 577 g/mol. The Morgan fingerprint density at radius 3 is 2.37 bits per heavy atom. The van der Waals surface area contributed by atoms with Crippen LogP contribution in [0.5, 0.6) is 23.0 Å². The maximum atomic E-state index is 13.7. The van der Waals surface area contributed by atoms with Gasteiger partial charge in [-0.05, 0) is 42.8 Å². The van der Waals surface area contributed by atoms with E-state index in [1.54, 1.807) is 37.3 Å². The molecule has 11 nitrogen and oxygen atoms in total. The summed E-state index contributed by atoms with van der Waals surface area (Å²) in [4.78, 5) is 25.1. The molecular weight excluding hydrogens is 550 g/mol. The van der Waals surface area contributed by atoms with Gasteiger partial charge >= 0.3 is 11.9 Å². The molecule has 212 valence electrons. The molecule has 2 aromatic heterocycles. The molecule has 12 heteroatoms. The van der Waals surface area contributed by atoms with Crippen molar-refractivity contribution < 1.29 is 38.4 Å². The number of nitrogens with zero attached hydrogens (tertiary/aromatic N) is 3. The predicted molar refractivity (Wildman–Crippen MR) is 153 cm³/mol. The van der Waals surface area contributed by atoms with Gasteiger partial charge in [-0.15, -0.1) is 0 Å². The van der Waals surface area contributed by atoms with Crippen molar-refractivity contribution >= 4 is 45.6 Å². The molecule has 0 aliphatic rings. The smallest absolute Gasteiger partial charge is 0.355 e. The van der Waals surface area contributed by atoms with Crippen LogP contribution in [0.15, 0.2) is 48.5 Å². The third-order valence-corrected chi connectivity index (χ3v) is 7.06. The summed E-state index contributed by atoms with van der Waals surface area (Å²) < 4.78 is 38.3. The number of hydrogen-bond acceptors (Lipinski definition) is 10. The predicted octanol–water partition coefficient (Wildman–Crippen LogP) is 5.03. The number of aliphatic carboxylic acids is 1. The van der Waals surface area contributed by atoms with Gasteiger partial charge in [0, 0.05) is 35.2 Å². The molecule has 0 atom stereocenters. The van der Waals surface area contributed by atoms with E-state index in [9.17, 15) is 14.7 Å². The summed E-state index contributed by atoms with van der Waals surface area (Å²) in [6, 6.07) is 14.3. The van der Waals surface area contributed by atoms with Crippen molar-refractivity contribution in [3.63, 3.8) is 0 Å². The summed E-state index contributed by atoms with van der Waals surface area (Å²) in [5.74, 6) is -0.110. The van der Waals surface area contributed by atoms with Gasteiger partial charge in [0.05, 0.1) is 45.2 Å². The van der Waals surface area contributed by atoms with Gasteiger partial charge in [0.25, 0.3) is 0 Å². The Labute approximate surface area is 239 Å². The van der Waals surface area contributed by atoms with Crippen LogP contribution in [0, 0.1) is 0 Å². The number of carboxylic acids is 1. The minimum atomic E-state index is -1.15. The second kappa shape index (κ2) is 11.7. The summed E-state index contributed by atoms with van der Waals surface area (Å²) in [5, 5.41) is 9.97. The lowest BCUT2D eigenvalue weighted by molar-refractivity contribution is -0.139. The first-order valence-electron chi connectivity index (χ1n) is 12.6. The number of benzene rings is 3. The van der Waals surface area contributed by atoms with Gasteiger partial charge < -0.3 is 33.4 Å². The van der Waals surface area contributed by atoms with Crippen molar-refractivity contribution in [3.8, 4) is 34.1 Å².